The molecule has 0 spiro atoms. The Kier molecular flexibility index (Phi) is 6.55. The van der Waals surface area contributed by atoms with Gasteiger partial charge in [0.1, 0.15) is 0 Å². The molecule has 2 aromatic carbocycles. The Morgan fingerprint density at radius 2 is 1.61 bits per heavy atom. The van der Waals surface area contributed by atoms with E-state index >= 15 is 0 Å². The van der Waals surface area contributed by atoms with Gasteiger partial charge in [0, 0.05) is 42.6 Å². The maximum absolute atomic E-state index is 13.3. The van der Waals surface area contributed by atoms with Gasteiger partial charge in [0.15, 0.2) is 0 Å². The first-order valence-corrected chi connectivity index (χ1v) is 12.6. The monoisotopic (exact) mass is 461 g/mol. The molecule has 1 amide bonds. The molecule has 2 saturated heterocycles. The fourth-order valence-electron chi connectivity index (χ4n) is 4.26. The van der Waals surface area contributed by atoms with Crippen LogP contribution in [0.5, 0.6) is 0 Å². The summed E-state index contributed by atoms with van der Waals surface area (Å²) in [5.41, 5.74) is 2.65. The number of sulfonamides is 1. The zero-order valence-corrected chi connectivity index (χ0v) is 19.3. The number of rotatable bonds is 5. The Bertz CT molecular complexity index is 1080. The van der Waals surface area contributed by atoms with Crippen molar-refractivity contribution in [3.63, 3.8) is 0 Å². The molecule has 4 rings (SSSR count). The summed E-state index contributed by atoms with van der Waals surface area (Å²) in [5.74, 6) is -0.331. The standard InChI is InChI=1S/C23H28ClN3O3S/c1-17-7-8-18(24)15-21(17)25-23(28)20-16-19(9-10-22(20)26-11-5-6-12-26)31(29,30)27-13-3-2-4-14-27/h7-10,15-16H,2-6,11-14H2,1H3,(H,25,28). The highest BCUT2D eigenvalue weighted by Crippen LogP contribution is 2.30. The molecule has 6 nitrogen and oxygen atoms in total. The quantitative estimate of drug-likeness (QED) is 0.702. The predicted molar refractivity (Wildman–Crippen MR) is 125 cm³/mol. The summed E-state index contributed by atoms with van der Waals surface area (Å²) in [5, 5.41) is 3.46. The average Bonchev–Trinajstić information content (AvgIpc) is 3.31. The molecule has 2 aliphatic rings. The van der Waals surface area contributed by atoms with Gasteiger partial charge in [0.05, 0.1) is 10.5 Å². The molecule has 8 heteroatoms. The van der Waals surface area contributed by atoms with E-state index in [9.17, 15) is 13.2 Å². The summed E-state index contributed by atoms with van der Waals surface area (Å²) in [7, 11) is -3.63. The van der Waals surface area contributed by atoms with Crippen molar-refractivity contribution in [2.24, 2.45) is 0 Å². The lowest BCUT2D eigenvalue weighted by Crippen LogP contribution is -2.35. The second-order valence-corrected chi connectivity index (χ2v) is 10.6. The first-order valence-electron chi connectivity index (χ1n) is 10.8. The molecule has 0 radical (unpaired) electrons. The number of nitrogens with one attached hydrogen (secondary N) is 1. The fraction of sp³-hybridized carbons (Fsp3) is 0.435. The van der Waals surface area contributed by atoms with Crippen molar-refractivity contribution in [3.8, 4) is 0 Å². The number of anilines is 2. The molecule has 166 valence electrons. The van der Waals surface area contributed by atoms with Crippen molar-refractivity contribution in [1.82, 2.24) is 4.31 Å². The zero-order valence-electron chi connectivity index (χ0n) is 17.7. The van der Waals surface area contributed by atoms with E-state index in [-0.39, 0.29) is 10.8 Å². The van der Waals surface area contributed by atoms with Crippen LogP contribution in [0.1, 0.15) is 48.0 Å². The number of hydrogen-bond donors (Lipinski definition) is 1. The van der Waals surface area contributed by atoms with Crippen LogP contribution in [-0.2, 0) is 10.0 Å². The summed E-state index contributed by atoms with van der Waals surface area (Å²) < 4.78 is 28.0. The second-order valence-electron chi connectivity index (χ2n) is 8.25. The highest BCUT2D eigenvalue weighted by Gasteiger charge is 2.29. The third kappa shape index (κ3) is 4.73. The van der Waals surface area contributed by atoms with Crippen LogP contribution in [0.4, 0.5) is 11.4 Å². The van der Waals surface area contributed by atoms with Gasteiger partial charge in [0.25, 0.3) is 5.91 Å². The summed E-state index contributed by atoms with van der Waals surface area (Å²) in [6.45, 7) is 4.66. The van der Waals surface area contributed by atoms with Gasteiger partial charge in [-0.3, -0.25) is 4.79 Å². The summed E-state index contributed by atoms with van der Waals surface area (Å²) in [6, 6.07) is 10.3. The minimum Gasteiger partial charge on any atom is -0.371 e. The lowest BCUT2D eigenvalue weighted by atomic mass is 10.1. The normalized spacial score (nSPS) is 17.7. The van der Waals surface area contributed by atoms with Crippen molar-refractivity contribution in [1.29, 1.82) is 0 Å². The van der Waals surface area contributed by atoms with E-state index in [1.165, 1.54) is 10.4 Å². The molecule has 0 saturated carbocycles. The number of amides is 1. The molecule has 0 unspecified atom stereocenters. The smallest absolute Gasteiger partial charge is 0.257 e. The van der Waals surface area contributed by atoms with Crippen LogP contribution in [-0.4, -0.2) is 44.8 Å². The lowest BCUT2D eigenvalue weighted by molar-refractivity contribution is 0.102. The summed E-state index contributed by atoms with van der Waals surface area (Å²) in [6.07, 6.45) is 4.90. The maximum Gasteiger partial charge on any atom is 0.257 e. The Morgan fingerprint density at radius 1 is 0.935 bits per heavy atom. The first-order chi connectivity index (χ1) is 14.9. The van der Waals surface area contributed by atoms with Gasteiger partial charge in [-0.1, -0.05) is 24.1 Å². The largest absolute Gasteiger partial charge is 0.371 e. The van der Waals surface area contributed by atoms with Crippen LogP contribution in [0.2, 0.25) is 5.02 Å². The van der Waals surface area contributed by atoms with E-state index in [2.05, 4.69) is 10.2 Å². The van der Waals surface area contributed by atoms with Crippen molar-refractivity contribution < 1.29 is 13.2 Å². The van der Waals surface area contributed by atoms with Crippen LogP contribution in [0.25, 0.3) is 0 Å². The molecular weight excluding hydrogens is 434 g/mol. The fourth-order valence-corrected chi connectivity index (χ4v) is 5.98. The Morgan fingerprint density at radius 3 is 2.32 bits per heavy atom. The highest BCUT2D eigenvalue weighted by molar-refractivity contribution is 7.89. The van der Waals surface area contributed by atoms with E-state index in [1.54, 1.807) is 24.3 Å². The number of piperidine rings is 1. The second kappa shape index (κ2) is 9.18. The predicted octanol–water partition coefficient (Wildman–Crippen LogP) is 4.68. The Hall–Kier alpha value is -2.09. The first kappa shape index (κ1) is 22.1. The van der Waals surface area contributed by atoms with E-state index in [0.717, 1.165) is 56.4 Å². The molecule has 1 N–H and O–H groups in total. The van der Waals surface area contributed by atoms with Crippen molar-refractivity contribution in [3.05, 3.63) is 52.5 Å². The number of halogens is 1. The molecule has 2 aliphatic heterocycles. The van der Waals surface area contributed by atoms with Gasteiger partial charge in [-0.25, -0.2) is 8.42 Å². The average molecular weight is 462 g/mol. The number of carbonyl (C=O) groups is 1. The highest BCUT2D eigenvalue weighted by atomic mass is 35.5. The zero-order chi connectivity index (χ0) is 22.0. The summed E-state index contributed by atoms with van der Waals surface area (Å²) >= 11 is 6.11. The minimum absolute atomic E-state index is 0.172. The molecule has 0 atom stereocenters. The van der Waals surface area contributed by atoms with E-state index in [4.69, 9.17) is 11.6 Å². The number of nitrogens with zero attached hydrogens (tertiary/aromatic N) is 2. The van der Waals surface area contributed by atoms with Gasteiger partial charge in [-0.15, -0.1) is 0 Å². The molecular formula is C23H28ClN3O3S. The van der Waals surface area contributed by atoms with Gasteiger partial charge in [-0.2, -0.15) is 4.31 Å². The molecule has 0 bridgehead atoms. The number of hydrogen-bond acceptors (Lipinski definition) is 4. The van der Waals surface area contributed by atoms with Gasteiger partial charge >= 0.3 is 0 Å². The maximum atomic E-state index is 13.3. The minimum atomic E-state index is -3.63. The SMILES string of the molecule is Cc1ccc(Cl)cc1NC(=O)c1cc(S(=O)(=O)N2CCCCC2)ccc1N1CCCC1. The number of aryl methyl sites for hydroxylation is 1. The van der Waals surface area contributed by atoms with Crippen LogP contribution in [0.3, 0.4) is 0 Å². The molecule has 2 heterocycles. The van der Waals surface area contributed by atoms with Gasteiger partial charge in [0.2, 0.25) is 10.0 Å². The molecule has 0 aromatic heterocycles. The van der Waals surface area contributed by atoms with Crippen LogP contribution < -0.4 is 10.2 Å². The van der Waals surface area contributed by atoms with Gasteiger partial charge < -0.3 is 10.2 Å². The lowest BCUT2D eigenvalue weighted by Gasteiger charge is -2.27. The summed E-state index contributed by atoms with van der Waals surface area (Å²) in [4.78, 5) is 15.6. The van der Waals surface area contributed by atoms with E-state index < -0.39 is 10.0 Å². The Balaban J connectivity index is 1.71. The van der Waals surface area contributed by atoms with Crippen molar-refractivity contribution in [2.45, 2.75) is 43.9 Å². The van der Waals surface area contributed by atoms with E-state index in [0.29, 0.717) is 29.4 Å². The van der Waals surface area contributed by atoms with Crippen molar-refractivity contribution in [2.75, 3.05) is 36.4 Å². The molecule has 2 fully saturated rings. The molecule has 2 aromatic rings. The molecule has 0 aliphatic carbocycles. The van der Waals surface area contributed by atoms with Crippen LogP contribution in [0.15, 0.2) is 41.3 Å². The van der Waals surface area contributed by atoms with Crippen LogP contribution in [0, 0.1) is 6.92 Å². The van der Waals surface area contributed by atoms with Crippen molar-refractivity contribution >= 4 is 38.9 Å². The topological polar surface area (TPSA) is 69.7 Å². The molecule has 31 heavy (non-hydrogen) atoms. The number of benzene rings is 2. The third-order valence-corrected chi connectivity index (χ3v) is 8.19. The third-order valence-electron chi connectivity index (χ3n) is 6.06. The Labute approximate surface area is 189 Å². The van der Waals surface area contributed by atoms with Crippen LogP contribution >= 0.6 is 11.6 Å². The van der Waals surface area contributed by atoms with E-state index in [1.807, 2.05) is 13.0 Å². The number of carbonyl (C=O) groups excluding carboxylic acids is 1. The van der Waals surface area contributed by atoms with Gasteiger partial charge in [-0.05, 0) is 68.5 Å².